The van der Waals surface area contributed by atoms with E-state index in [1.165, 1.54) is 10.8 Å². The first-order valence-electron chi connectivity index (χ1n) is 18.3. The normalized spacial score (nSPS) is 11.6. The van der Waals surface area contributed by atoms with Crippen molar-refractivity contribution in [3.8, 4) is 56.5 Å². The van der Waals surface area contributed by atoms with Crippen molar-refractivity contribution in [3.63, 3.8) is 0 Å². The Hall–Kier alpha value is -7.57. The molecule has 6 nitrogen and oxygen atoms in total. The molecule has 6 heteroatoms. The lowest BCUT2D eigenvalue weighted by Crippen LogP contribution is -2.00. The molecule has 7 aromatic carbocycles. The van der Waals surface area contributed by atoms with E-state index in [1.54, 1.807) is 0 Å². The fourth-order valence-electron chi connectivity index (χ4n) is 7.66. The van der Waals surface area contributed by atoms with E-state index in [4.69, 9.17) is 24.9 Å². The first-order chi connectivity index (χ1) is 27.2. The minimum atomic E-state index is 0.616. The van der Waals surface area contributed by atoms with Gasteiger partial charge in [-0.15, -0.1) is 0 Å². The third-order valence-corrected chi connectivity index (χ3v) is 10.4. The quantitative estimate of drug-likeness (QED) is 0.179. The average molecular weight is 703 g/mol. The van der Waals surface area contributed by atoms with Crippen LogP contribution in [0.15, 0.2) is 182 Å². The molecule has 0 aliphatic rings. The van der Waals surface area contributed by atoms with Crippen molar-refractivity contribution in [2.75, 3.05) is 0 Å². The van der Waals surface area contributed by atoms with Crippen molar-refractivity contribution in [3.05, 3.63) is 182 Å². The molecule has 0 radical (unpaired) electrons. The Labute approximate surface area is 316 Å². The van der Waals surface area contributed by atoms with E-state index in [9.17, 15) is 0 Å². The zero-order valence-electron chi connectivity index (χ0n) is 29.5. The minimum Gasteiger partial charge on any atom is -0.284 e. The molecule has 0 unspecified atom stereocenters. The van der Waals surface area contributed by atoms with Crippen LogP contribution in [0, 0.1) is 0 Å². The summed E-state index contributed by atoms with van der Waals surface area (Å²) in [5.41, 5.74) is 9.49. The van der Waals surface area contributed by atoms with E-state index in [0.29, 0.717) is 17.5 Å². The zero-order valence-corrected chi connectivity index (χ0v) is 29.5. The highest BCUT2D eigenvalue weighted by atomic mass is 15.1. The molecule has 256 valence electrons. The fraction of sp³-hybridized carbons (Fsp3) is 0. The lowest BCUT2D eigenvalue weighted by Gasteiger charge is -2.12. The van der Waals surface area contributed by atoms with E-state index in [0.717, 1.165) is 77.4 Å². The highest BCUT2D eigenvalue weighted by Crippen LogP contribution is 2.36. The van der Waals surface area contributed by atoms with Crippen LogP contribution in [0.4, 0.5) is 0 Å². The first-order valence-corrected chi connectivity index (χ1v) is 18.3. The Bertz CT molecular complexity index is 3190. The molecule has 0 bridgehead atoms. The highest BCUT2D eigenvalue weighted by molar-refractivity contribution is 6.09. The van der Waals surface area contributed by atoms with Gasteiger partial charge in [0.25, 0.3) is 0 Å². The molecular weight excluding hydrogens is 673 g/mol. The van der Waals surface area contributed by atoms with Gasteiger partial charge in [-0.3, -0.25) is 4.40 Å². The monoisotopic (exact) mass is 702 g/mol. The smallest absolute Gasteiger partial charge is 0.165 e. The summed E-state index contributed by atoms with van der Waals surface area (Å²) in [6.45, 7) is 0. The Kier molecular flexibility index (Phi) is 7.07. The first kappa shape index (κ1) is 31.0. The van der Waals surface area contributed by atoms with Crippen molar-refractivity contribution in [2.45, 2.75) is 0 Å². The van der Waals surface area contributed by atoms with Crippen LogP contribution in [0.2, 0.25) is 0 Å². The molecule has 0 saturated heterocycles. The maximum absolute atomic E-state index is 5.25. The van der Waals surface area contributed by atoms with Gasteiger partial charge in [0.15, 0.2) is 23.1 Å². The van der Waals surface area contributed by atoms with Crippen LogP contribution in [-0.2, 0) is 0 Å². The van der Waals surface area contributed by atoms with Gasteiger partial charge in [-0.1, -0.05) is 140 Å². The molecular formula is C49H30N6. The lowest BCUT2D eigenvalue weighted by molar-refractivity contribution is 1.08. The second-order valence-electron chi connectivity index (χ2n) is 13.8. The van der Waals surface area contributed by atoms with E-state index in [2.05, 4.69) is 162 Å². The van der Waals surface area contributed by atoms with Crippen molar-refractivity contribution in [1.29, 1.82) is 0 Å². The van der Waals surface area contributed by atoms with Gasteiger partial charge in [0.05, 0.1) is 5.69 Å². The second-order valence-corrected chi connectivity index (χ2v) is 13.8. The van der Waals surface area contributed by atoms with Crippen LogP contribution in [-0.4, -0.2) is 29.3 Å². The Morgan fingerprint density at radius 1 is 0.327 bits per heavy atom. The molecule has 0 aliphatic heterocycles. The van der Waals surface area contributed by atoms with Crippen LogP contribution in [0.5, 0.6) is 0 Å². The third-order valence-electron chi connectivity index (χ3n) is 10.4. The van der Waals surface area contributed by atoms with Gasteiger partial charge in [-0.05, 0) is 69.1 Å². The molecule has 0 saturated carbocycles. The molecule has 0 aliphatic carbocycles. The summed E-state index contributed by atoms with van der Waals surface area (Å²) < 4.78 is 2.06. The summed E-state index contributed by atoms with van der Waals surface area (Å²) in [5, 5.41) is 6.77. The summed E-state index contributed by atoms with van der Waals surface area (Å²) in [4.78, 5) is 25.5. The second kappa shape index (κ2) is 12.5. The maximum atomic E-state index is 5.25. The molecule has 0 spiro atoms. The number of fused-ring (bicyclic) bond motifs is 7. The predicted molar refractivity (Wildman–Crippen MR) is 224 cm³/mol. The molecule has 55 heavy (non-hydrogen) atoms. The van der Waals surface area contributed by atoms with Gasteiger partial charge >= 0.3 is 0 Å². The summed E-state index contributed by atoms with van der Waals surface area (Å²) >= 11 is 0. The van der Waals surface area contributed by atoms with Crippen LogP contribution < -0.4 is 0 Å². The van der Waals surface area contributed by atoms with Crippen LogP contribution in [0.25, 0.3) is 106 Å². The average Bonchev–Trinajstić information content (AvgIpc) is 3.64. The van der Waals surface area contributed by atoms with Gasteiger partial charge in [-0.2, -0.15) is 0 Å². The molecule has 11 aromatic rings. The predicted octanol–water partition coefficient (Wildman–Crippen LogP) is 11.9. The summed E-state index contributed by atoms with van der Waals surface area (Å²) in [7, 11) is 0. The van der Waals surface area contributed by atoms with Crippen LogP contribution >= 0.6 is 0 Å². The van der Waals surface area contributed by atoms with E-state index in [-0.39, 0.29) is 0 Å². The number of hydrogen-bond donors (Lipinski definition) is 0. The largest absolute Gasteiger partial charge is 0.284 e. The molecule has 0 atom stereocenters. The number of hydrogen-bond acceptors (Lipinski definition) is 5. The standard InChI is InChI=1S/C49H30N6/c1-3-13-33-28-39(24-22-31(33)11-1)47-52-46(53-48(54-47)40-25-23-32-12-2-4-14-34(32)29-40)38-18-10-16-36(30-38)35-15-9-17-37(27-35)44-41-19-5-6-20-42(41)45-49(51-44)55-26-8-7-21-43(55)50-45/h1-30H. The third kappa shape index (κ3) is 5.39. The van der Waals surface area contributed by atoms with Gasteiger partial charge in [-0.25, -0.2) is 24.9 Å². The van der Waals surface area contributed by atoms with Gasteiger partial charge in [0.1, 0.15) is 11.2 Å². The Balaban J connectivity index is 1.04. The number of aromatic nitrogens is 6. The maximum Gasteiger partial charge on any atom is 0.165 e. The van der Waals surface area contributed by atoms with Gasteiger partial charge in [0, 0.05) is 39.2 Å². The molecule has 4 aromatic heterocycles. The Morgan fingerprint density at radius 3 is 1.49 bits per heavy atom. The number of pyridine rings is 2. The number of imidazole rings is 1. The molecule has 0 N–H and O–H groups in total. The molecule has 0 fully saturated rings. The van der Waals surface area contributed by atoms with Gasteiger partial charge < -0.3 is 0 Å². The van der Waals surface area contributed by atoms with Gasteiger partial charge in [0.2, 0.25) is 0 Å². The number of rotatable bonds is 5. The molecule has 0 amide bonds. The summed E-state index contributed by atoms with van der Waals surface area (Å²) in [6, 6.07) is 61.0. The minimum absolute atomic E-state index is 0.616. The summed E-state index contributed by atoms with van der Waals surface area (Å²) in [6.07, 6.45) is 2.02. The van der Waals surface area contributed by atoms with E-state index < -0.39 is 0 Å². The molecule has 11 rings (SSSR count). The SMILES string of the molecule is c1cc(-c2cccc(-c3nc4c(nc5ccccn54)c4ccccc34)c2)cc(-c2nc(-c3ccc4ccccc4c3)nc(-c3ccc4ccccc4c3)n2)c1. The van der Waals surface area contributed by atoms with Crippen LogP contribution in [0.3, 0.4) is 0 Å². The number of benzene rings is 7. The highest BCUT2D eigenvalue weighted by Gasteiger charge is 2.17. The van der Waals surface area contributed by atoms with E-state index in [1.807, 2.05) is 24.4 Å². The Morgan fingerprint density at radius 2 is 0.836 bits per heavy atom. The van der Waals surface area contributed by atoms with Crippen molar-refractivity contribution >= 4 is 49.1 Å². The van der Waals surface area contributed by atoms with E-state index >= 15 is 0 Å². The zero-order chi connectivity index (χ0) is 36.3. The van der Waals surface area contributed by atoms with Crippen molar-refractivity contribution < 1.29 is 0 Å². The van der Waals surface area contributed by atoms with Crippen molar-refractivity contribution in [2.24, 2.45) is 0 Å². The number of nitrogens with zero attached hydrogens (tertiary/aromatic N) is 6. The van der Waals surface area contributed by atoms with Crippen molar-refractivity contribution in [1.82, 2.24) is 29.3 Å². The molecule has 4 heterocycles. The topological polar surface area (TPSA) is 68.9 Å². The lowest BCUT2D eigenvalue weighted by atomic mass is 9.97. The fourth-order valence-corrected chi connectivity index (χ4v) is 7.66. The summed E-state index contributed by atoms with van der Waals surface area (Å²) in [5.74, 6) is 1.88. The van der Waals surface area contributed by atoms with Crippen LogP contribution in [0.1, 0.15) is 0 Å².